The number of hydrogen-bond donors (Lipinski definition) is 0. The monoisotopic (exact) mass is 479 g/mol. The van der Waals surface area contributed by atoms with E-state index >= 15 is 0 Å². The fraction of sp³-hybridized carbons (Fsp3) is 0.375. The lowest BCUT2D eigenvalue weighted by Gasteiger charge is -2.36. The van der Waals surface area contributed by atoms with Gasteiger partial charge in [-0.3, -0.25) is 4.68 Å². The van der Waals surface area contributed by atoms with E-state index in [9.17, 15) is 4.39 Å². The normalized spacial score (nSPS) is 20.8. The van der Waals surface area contributed by atoms with Gasteiger partial charge >= 0.3 is 0 Å². The number of ether oxygens (including phenoxy) is 1. The molecule has 8 nitrogen and oxygen atoms in total. The van der Waals surface area contributed by atoms with Crippen molar-refractivity contribution in [3.05, 3.63) is 58.9 Å². The van der Waals surface area contributed by atoms with Gasteiger partial charge in [0.15, 0.2) is 5.65 Å². The highest BCUT2D eigenvalue weighted by molar-refractivity contribution is 6.30. The Kier molecular flexibility index (Phi) is 5.18. The average Bonchev–Trinajstić information content (AvgIpc) is 3.54. The second-order valence-corrected chi connectivity index (χ2v) is 9.44. The summed E-state index contributed by atoms with van der Waals surface area (Å²) in [5.41, 5.74) is 3.31. The zero-order valence-electron chi connectivity index (χ0n) is 18.8. The minimum atomic E-state index is -0.471. The number of hydrogen-bond acceptors (Lipinski definition) is 7. The van der Waals surface area contributed by atoms with Crippen LogP contribution >= 0.6 is 11.6 Å². The molecule has 4 aromatic rings. The Bertz CT molecular complexity index is 1390. The summed E-state index contributed by atoms with van der Waals surface area (Å²) in [5.74, 6) is -0.00646. The number of aryl methyl sites for hydroxylation is 1. The summed E-state index contributed by atoms with van der Waals surface area (Å²) in [4.78, 5) is 20.6. The summed E-state index contributed by atoms with van der Waals surface area (Å²) in [7, 11) is 0. The molecule has 174 valence electrons. The van der Waals surface area contributed by atoms with Crippen LogP contribution in [-0.2, 0) is 4.74 Å². The molecule has 6 rings (SSSR count). The van der Waals surface area contributed by atoms with Crippen LogP contribution in [0.5, 0.6) is 0 Å². The molecule has 0 unspecified atom stereocenters. The van der Waals surface area contributed by atoms with Gasteiger partial charge in [-0.05, 0) is 44.9 Å². The Labute approximate surface area is 200 Å². The van der Waals surface area contributed by atoms with Crippen molar-refractivity contribution in [2.45, 2.75) is 44.9 Å². The molecule has 4 heterocycles. The molecule has 1 aliphatic heterocycles. The zero-order chi connectivity index (χ0) is 23.4. The van der Waals surface area contributed by atoms with Gasteiger partial charge in [0.05, 0.1) is 30.6 Å². The third-order valence-electron chi connectivity index (χ3n) is 6.16. The topological polar surface area (TPSA) is 81.9 Å². The Morgan fingerprint density at radius 3 is 2.76 bits per heavy atom. The molecule has 10 heteroatoms. The summed E-state index contributed by atoms with van der Waals surface area (Å²) in [5, 5.41) is 4.83. The molecular formula is C24H23ClFN7O. The largest absolute Gasteiger partial charge is 0.367 e. The van der Waals surface area contributed by atoms with E-state index in [1.807, 2.05) is 24.7 Å². The van der Waals surface area contributed by atoms with Crippen molar-refractivity contribution < 1.29 is 9.13 Å². The van der Waals surface area contributed by atoms with Gasteiger partial charge in [-0.25, -0.2) is 19.3 Å². The third-order valence-corrected chi connectivity index (χ3v) is 6.40. The third kappa shape index (κ3) is 3.99. The molecule has 0 radical (unpaired) electrons. The van der Waals surface area contributed by atoms with Crippen molar-refractivity contribution in [3.8, 4) is 11.3 Å². The van der Waals surface area contributed by atoms with E-state index in [-0.39, 0.29) is 12.2 Å². The Hall–Kier alpha value is -3.17. The minimum absolute atomic E-state index is 0.0540. The van der Waals surface area contributed by atoms with Crippen LogP contribution in [0, 0.1) is 12.7 Å². The molecule has 1 saturated carbocycles. The van der Waals surface area contributed by atoms with Crippen molar-refractivity contribution in [1.29, 1.82) is 0 Å². The van der Waals surface area contributed by atoms with E-state index < -0.39 is 5.82 Å². The van der Waals surface area contributed by atoms with Crippen LogP contribution in [0.25, 0.3) is 22.4 Å². The maximum absolute atomic E-state index is 14.9. The maximum Gasteiger partial charge on any atom is 0.228 e. The van der Waals surface area contributed by atoms with Crippen molar-refractivity contribution in [2.75, 3.05) is 18.0 Å². The van der Waals surface area contributed by atoms with Crippen molar-refractivity contribution in [2.24, 2.45) is 0 Å². The van der Waals surface area contributed by atoms with E-state index in [4.69, 9.17) is 26.3 Å². The number of anilines is 1. The lowest BCUT2D eigenvalue weighted by Crippen LogP contribution is -2.43. The first kappa shape index (κ1) is 21.4. The standard InChI is InChI=1S/C24H23ClFN7O/c1-13-8-27-22-21(18-6-3-16(25)7-19(18)26)30-24(31-23(22)29-13)32-10-14(2)34-20(12-32)15-9-28-33(11-15)17-4-5-17/h3,6-9,11,14,17,20H,4-5,10,12H2,1-2H3/t14-,20-/m1/s1. The Morgan fingerprint density at radius 1 is 1.12 bits per heavy atom. The Morgan fingerprint density at radius 2 is 1.97 bits per heavy atom. The molecule has 2 atom stereocenters. The van der Waals surface area contributed by atoms with Crippen molar-refractivity contribution >= 4 is 28.7 Å². The first-order valence-electron chi connectivity index (χ1n) is 11.4. The van der Waals surface area contributed by atoms with Gasteiger partial charge < -0.3 is 9.64 Å². The highest BCUT2D eigenvalue weighted by Crippen LogP contribution is 2.36. The van der Waals surface area contributed by atoms with Gasteiger partial charge in [0.25, 0.3) is 0 Å². The highest BCUT2D eigenvalue weighted by atomic mass is 35.5. The molecular weight excluding hydrogens is 457 g/mol. The maximum atomic E-state index is 14.9. The number of fused-ring (bicyclic) bond motifs is 1. The predicted molar refractivity (Wildman–Crippen MR) is 126 cm³/mol. The van der Waals surface area contributed by atoms with Crippen LogP contribution in [0.15, 0.2) is 36.8 Å². The summed E-state index contributed by atoms with van der Waals surface area (Å²) >= 11 is 5.98. The fourth-order valence-electron chi connectivity index (χ4n) is 4.35. The summed E-state index contributed by atoms with van der Waals surface area (Å²) in [6.45, 7) is 5.02. The van der Waals surface area contributed by atoms with Crippen LogP contribution in [0.2, 0.25) is 5.02 Å². The quantitative estimate of drug-likeness (QED) is 0.420. The molecule has 1 aromatic carbocycles. The van der Waals surface area contributed by atoms with Crippen LogP contribution < -0.4 is 4.90 Å². The Balaban J connectivity index is 1.41. The van der Waals surface area contributed by atoms with E-state index in [2.05, 4.69) is 26.2 Å². The number of halogens is 2. The molecule has 2 aliphatic rings. The van der Waals surface area contributed by atoms with E-state index in [0.717, 1.165) is 11.3 Å². The van der Waals surface area contributed by atoms with Crippen molar-refractivity contribution in [1.82, 2.24) is 29.7 Å². The predicted octanol–water partition coefficient (Wildman–Crippen LogP) is 4.69. The van der Waals surface area contributed by atoms with Crippen molar-refractivity contribution in [3.63, 3.8) is 0 Å². The van der Waals surface area contributed by atoms with Gasteiger partial charge in [0.1, 0.15) is 23.1 Å². The number of nitrogens with zero attached hydrogens (tertiary/aromatic N) is 7. The van der Waals surface area contributed by atoms with E-state index in [1.54, 1.807) is 18.3 Å². The van der Waals surface area contributed by atoms with Gasteiger partial charge in [-0.15, -0.1) is 0 Å². The number of morpholine rings is 1. The van der Waals surface area contributed by atoms with Gasteiger partial charge in [0, 0.05) is 35.1 Å². The fourth-order valence-corrected chi connectivity index (χ4v) is 4.51. The first-order chi connectivity index (χ1) is 16.4. The molecule has 1 aliphatic carbocycles. The number of rotatable bonds is 4. The van der Waals surface area contributed by atoms with Gasteiger partial charge in [-0.1, -0.05) is 11.6 Å². The minimum Gasteiger partial charge on any atom is -0.367 e. The lowest BCUT2D eigenvalue weighted by atomic mass is 10.1. The molecule has 0 bridgehead atoms. The van der Waals surface area contributed by atoms with E-state index in [0.29, 0.717) is 52.5 Å². The second-order valence-electron chi connectivity index (χ2n) is 9.01. The second kappa shape index (κ2) is 8.25. The van der Waals surface area contributed by atoms with E-state index in [1.165, 1.54) is 18.9 Å². The zero-order valence-corrected chi connectivity index (χ0v) is 19.6. The van der Waals surface area contributed by atoms with Crippen LogP contribution in [-0.4, -0.2) is 48.9 Å². The molecule has 34 heavy (non-hydrogen) atoms. The van der Waals surface area contributed by atoms with Crippen LogP contribution in [0.1, 0.15) is 43.2 Å². The molecule has 2 fully saturated rings. The molecule has 0 N–H and O–H groups in total. The molecule has 1 saturated heterocycles. The number of benzene rings is 1. The van der Waals surface area contributed by atoms with Crippen LogP contribution in [0.3, 0.4) is 0 Å². The summed E-state index contributed by atoms with van der Waals surface area (Å²) in [6.07, 6.45) is 7.70. The van der Waals surface area contributed by atoms with Gasteiger partial charge in [0.2, 0.25) is 5.95 Å². The summed E-state index contributed by atoms with van der Waals surface area (Å²) < 4.78 is 23.2. The summed E-state index contributed by atoms with van der Waals surface area (Å²) in [6, 6.07) is 5.03. The van der Waals surface area contributed by atoms with Crippen LogP contribution in [0.4, 0.5) is 10.3 Å². The average molecular weight is 480 g/mol. The first-order valence-corrected chi connectivity index (χ1v) is 11.7. The molecule has 0 spiro atoms. The lowest BCUT2D eigenvalue weighted by molar-refractivity contribution is -0.0178. The SMILES string of the molecule is Cc1cnc2c(-c3ccc(Cl)cc3F)nc(N3C[C@@H](C)O[C@@H](c4cnn(C5CC5)c4)C3)nc2n1. The molecule has 0 amide bonds. The smallest absolute Gasteiger partial charge is 0.228 e. The highest BCUT2D eigenvalue weighted by Gasteiger charge is 2.31. The number of aromatic nitrogens is 6. The van der Waals surface area contributed by atoms with Gasteiger partial charge in [-0.2, -0.15) is 10.1 Å². The molecule has 3 aromatic heterocycles.